The van der Waals surface area contributed by atoms with Gasteiger partial charge in [-0.3, -0.25) is 0 Å². The summed E-state index contributed by atoms with van der Waals surface area (Å²) in [5.41, 5.74) is 0.560. The van der Waals surface area contributed by atoms with Crippen LogP contribution >= 0.6 is 0 Å². The summed E-state index contributed by atoms with van der Waals surface area (Å²) in [7, 11) is 0. The molecule has 0 radical (unpaired) electrons. The first-order valence-electron chi connectivity index (χ1n) is 6.30. The highest BCUT2D eigenvalue weighted by Gasteiger charge is 2.28. The lowest BCUT2D eigenvalue weighted by atomic mass is 9.89. The average molecular weight is 209 g/mol. The lowest BCUT2D eigenvalue weighted by Gasteiger charge is -2.26. The van der Waals surface area contributed by atoms with Gasteiger partial charge in [-0.1, -0.05) is 19.8 Å². The van der Waals surface area contributed by atoms with Gasteiger partial charge < -0.3 is 10.1 Å². The first-order valence-corrected chi connectivity index (χ1v) is 6.30. The molecule has 1 fully saturated rings. The van der Waals surface area contributed by atoms with E-state index in [-0.39, 0.29) is 0 Å². The van der Waals surface area contributed by atoms with Crippen molar-refractivity contribution in [2.24, 2.45) is 5.41 Å². The summed E-state index contributed by atoms with van der Waals surface area (Å²) in [6, 6.07) is 0. The van der Waals surface area contributed by atoms with Gasteiger partial charge in [-0.25, -0.2) is 0 Å². The minimum absolute atomic E-state index is 0.403. The predicted molar refractivity (Wildman–Crippen MR) is 62.7 cm³/mol. The maximum atomic E-state index is 5.53. The van der Waals surface area contributed by atoms with Gasteiger partial charge in [0.05, 0.1) is 6.26 Å². The molecule has 0 aromatic carbocycles. The van der Waals surface area contributed by atoms with E-state index in [2.05, 4.69) is 18.3 Å². The molecule has 1 atom stereocenters. The smallest absolute Gasteiger partial charge is 0.110 e. The van der Waals surface area contributed by atoms with Crippen LogP contribution in [0.1, 0.15) is 45.4 Å². The summed E-state index contributed by atoms with van der Waals surface area (Å²) in [5, 5.41) is 3.58. The van der Waals surface area contributed by atoms with E-state index in [1.54, 1.807) is 0 Å². The quantitative estimate of drug-likeness (QED) is 0.768. The van der Waals surface area contributed by atoms with Crippen LogP contribution in [0.3, 0.4) is 0 Å². The Morgan fingerprint density at radius 1 is 1.40 bits per heavy atom. The van der Waals surface area contributed by atoms with E-state index in [1.165, 1.54) is 38.5 Å². The van der Waals surface area contributed by atoms with Crippen LogP contribution in [0.2, 0.25) is 0 Å². The molecule has 1 saturated carbocycles. The zero-order valence-corrected chi connectivity index (χ0v) is 9.80. The number of rotatable bonds is 4. The standard InChI is InChI=1S/C13H23NO/c1-13(7-3-4-8-13)11-14-10-12-6-2-5-9-15-12/h5,9,12,14H,2-4,6-8,10-11H2,1H3. The maximum Gasteiger partial charge on any atom is 0.110 e. The topological polar surface area (TPSA) is 21.3 Å². The molecule has 2 nitrogen and oxygen atoms in total. The van der Waals surface area contributed by atoms with Crippen molar-refractivity contribution >= 4 is 0 Å². The highest BCUT2D eigenvalue weighted by atomic mass is 16.5. The van der Waals surface area contributed by atoms with Crippen molar-refractivity contribution in [3.8, 4) is 0 Å². The fourth-order valence-corrected chi connectivity index (χ4v) is 2.68. The third kappa shape index (κ3) is 3.23. The van der Waals surface area contributed by atoms with Gasteiger partial charge in [-0.05, 0) is 37.2 Å². The molecule has 1 unspecified atom stereocenters. The number of hydrogen-bond acceptors (Lipinski definition) is 2. The Balaban J connectivity index is 1.63. The van der Waals surface area contributed by atoms with Crippen LogP contribution in [0.25, 0.3) is 0 Å². The molecule has 0 amide bonds. The zero-order chi connectivity index (χ0) is 10.6. The van der Waals surface area contributed by atoms with Gasteiger partial charge in [0.15, 0.2) is 0 Å². The van der Waals surface area contributed by atoms with E-state index >= 15 is 0 Å². The van der Waals surface area contributed by atoms with Gasteiger partial charge in [-0.15, -0.1) is 0 Å². The molecule has 2 rings (SSSR count). The van der Waals surface area contributed by atoms with E-state index < -0.39 is 0 Å². The minimum atomic E-state index is 0.403. The number of allylic oxidation sites excluding steroid dienone is 1. The van der Waals surface area contributed by atoms with Crippen LogP contribution in [-0.4, -0.2) is 19.2 Å². The SMILES string of the molecule is CC1(CNCC2CCC=CO2)CCCC1. The van der Waals surface area contributed by atoms with E-state index in [0.717, 1.165) is 13.1 Å². The average Bonchev–Trinajstić information content (AvgIpc) is 2.67. The highest BCUT2D eigenvalue weighted by molar-refractivity contribution is 4.85. The van der Waals surface area contributed by atoms with Gasteiger partial charge in [-0.2, -0.15) is 0 Å². The lowest BCUT2D eigenvalue weighted by Crippen LogP contribution is -2.35. The largest absolute Gasteiger partial charge is 0.497 e. The Bertz CT molecular complexity index is 219. The molecule has 1 heterocycles. The van der Waals surface area contributed by atoms with Crippen molar-refractivity contribution in [2.75, 3.05) is 13.1 Å². The second-order valence-corrected chi connectivity index (χ2v) is 5.36. The van der Waals surface area contributed by atoms with Crippen molar-refractivity contribution in [1.29, 1.82) is 0 Å². The normalized spacial score (nSPS) is 29.0. The number of hydrogen-bond donors (Lipinski definition) is 1. The summed E-state index contributed by atoms with van der Waals surface area (Å²) >= 11 is 0. The van der Waals surface area contributed by atoms with Crippen molar-refractivity contribution < 1.29 is 4.74 Å². The van der Waals surface area contributed by atoms with Crippen molar-refractivity contribution in [2.45, 2.75) is 51.6 Å². The molecule has 1 N–H and O–H groups in total. The Labute approximate surface area is 93.1 Å². The van der Waals surface area contributed by atoms with Crippen molar-refractivity contribution in [1.82, 2.24) is 5.32 Å². The molecular formula is C13H23NO. The number of nitrogens with one attached hydrogen (secondary N) is 1. The summed E-state index contributed by atoms with van der Waals surface area (Å²) in [6.45, 7) is 4.59. The zero-order valence-electron chi connectivity index (χ0n) is 9.80. The summed E-state index contributed by atoms with van der Waals surface area (Å²) in [5.74, 6) is 0. The fraction of sp³-hybridized carbons (Fsp3) is 0.846. The van der Waals surface area contributed by atoms with Gasteiger partial charge in [0, 0.05) is 13.1 Å². The van der Waals surface area contributed by atoms with Crippen LogP contribution in [0.4, 0.5) is 0 Å². The molecular weight excluding hydrogens is 186 g/mol. The van der Waals surface area contributed by atoms with Crippen LogP contribution in [0, 0.1) is 5.41 Å². The van der Waals surface area contributed by atoms with Crippen molar-refractivity contribution in [3.63, 3.8) is 0 Å². The van der Waals surface area contributed by atoms with Gasteiger partial charge in [0.2, 0.25) is 0 Å². The maximum absolute atomic E-state index is 5.53. The second kappa shape index (κ2) is 5.02. The molecule has 2 heteroatoms. The molecule has 0 aromatic rings. The summed E-state index contributed by atoms with van der Waals surface area (Å²) in [4.78, 5) is 0. The highest BCUT2D eigenvalue weighted by Crippen LogP contribution is 2.36. The second-order valence-electron chi connectivity index (χ2n) is 5.36. The monoisotopic (exact) mass is 209 g/mol. The molecule has 1 aliphatic carbocycles. The molecule has 0 spiro atoms. The van der Waals surface area contributed by atoms with Gasteiger partial charge >= 0.3 is 0 Å². The molecule has 1 aliphatic heterocycles. The van der Waals surface area contributed by atoms with Crippen LogP contribution in [-0.2, 0) is 4.74 Å². The Morgan fingerprint density at radius 2 is 2.20 bits per heavy atom. The molecule has 0 aromatic heterocycles. The van der Waals surface area contributed by atoms with E-state index in [9.17, 15) is 0 Å². The third-order valence-electron chi connectivity index (χ3n) is 3.76. The molecule has 86 valence electrons. The van der Waals surface area contributed by atoms with E-state index in [4.69, 9.17) is 4.74 Å². The van der Waals surface area contributed by atoms with Crippen molar-refractivity contribution in [3.05, 3.63) is 12.3 Å². The predicted octanol–water partition coefficient (Wildman–Crippen LogP) is 2.85. The van der Waals surface area contributed by atoms with Crippen LogP contribution < -0.4 is 5.32 Å². The first kappa shape index (κ1) is 11.0. The molecule has 2 aliphatic rings. The van der Waals surface area contributed by atoms with Crippen LogP contribution in [0.15, 0.2) is 12.3 Å². The number of ether oxygens (including phenoxy) is 1. The van der Waals surface area contributed by atoms with E-state index in [0.29, 0.717) is 11.5 Å². The van der Waals surface area contributed by atoms with E-state index in [1.807, 2.05) is 6.26 Å². The molecule has 0 saturated heterocycles. The Morgan fingerprint density at radius 3 is 2.87 bits per heavy atom. The first-order chi connectivity index (χ1) is 7.29. The van der Waals surface area contributed by atoms with Gasteiger partial charge in [0.25, 0.3) is 0 Å². The van der Waals surface area contributed by atoms with Crippen LogP contribution in [0.5, 0.6) is 0 Å². The fourth-order valence-electron chi connectivity index (χ4n) is 2.68. The summed E-state index contributed by atoms with van der Waals surface area (Å²) < 4.78 is 5.53. The Hall–Kier alpha value is -0.500. The minimum Gasteiger partial charge on any atom is -0.497 e. The molecule has 15 heavy (non-hydrogen) atoms. The summed E-state index contributed by atoms with van der Waals surface area (Å²) in [6.07, 6.45) is 12.3. The lowest BCUT2D eigenvalue weighted by molar-refractivity contribution is 0.118. The van der Waals surface area contributed by atoms with Gasteiger partial charge in [0.1, 0.15) is 6.10 Å². The third-order valence-corrected chi connectivity index (χ3v) is 3.76. The molecule has 0 bridgehead atoms. The Kier molecular flexibility index (Phi) is 3.68.